The second-order valence-electron chi connectivity index (χ2n) is 8.33. The highest BCUT2D eigenvalue weighted by Gasteiger charge is 2.36. The number of ether oxygens (including phenoxy) is 4. The highest BCUT2D eigenvalue weighted by atomic mass is 16.5. The number of methoxy groups -OCH3 is 4. The molecule has 0 aliphatic carbocycles. The number of benzene rings is 2. The van der Waals surface area contributed by atoms with E-state index >= 15 is 0 Å². The normalized spacial score (nSPS) is 17.6. The van der Waals surface area contributed by atoms with Crippen LogP contribution in [0.4, 0.5) is 5.82 Å². The number of aromatic nitrogens is 1. The van der Waals surface area contributed by atoms with Gasteiger partial charge in [0.25, 0.3) is 0 Å². The van der Waals surface area contributed by atoms with Gasteiger partial charge in [-0.15, -0.1) is 0 Å². The molecule has 0 amide bonds. The topological polar surface area (TPSA) is 108 Å². The molecular weight excluding hydrogens is 446 g/mol. The minimum absolute atomic E-state index is 0.418. The molecular formula is C26H33N5O4. The Hall–Kier alpha value is -3.53. The summed E-state index contributed by atoms with van der Waals surface area (Å²) in [6.45, 7) is 1.14. The van der Waals surface area contributed by atoms with Crippen molar-refractivity contribution in [2.75, 3.05) is 39.9 Å². The van der Waals surface area contributed by atoms with Crippen LogP contribution in [0.25, 0.3) is 0 Å². The number of pyridine rings is 1. The molecule has 2 unspecified atom stereocenters. The monoisotopic (exact) mass is 479 g/mol. The van der Waals surface area contributed by atoms with Crippen LogP contribution in [-0.2, 0) is 13.0 Å². The fraction of sp³-hybridized carbons (Fsp3) is 0.346. The number of hydrogen-bond donors (Lipinski definition) is 2. The molecule has 0 saturated heterocycles. The Morgan fingerprint density at radius 2 is 1.34 bits per heavy atom. The van der Waals surface area contributed by atoms with Crippen LogP contribution in [0.5, 0.6) is 23.0 Å². The average molecular weight is 480 g/mol. The van der Waals surface area contributed by atoms with Crippen molar-refractivity contribution < 1.29 is 18.9 Å². The van der Waals surface area contributed by atoms with Gasteiger partial charge in [-0.3, -0.25) is 5.73 Å². The summed E-state index contributed by atoms with van der Waals surface area (Å²) in [6.07, 6.45) is 1.58. The van der Waals surface area contributed by atoms with Crippen molar-refractivity contribution in [2.24, 2.45) is 11.5 Å². The Bertz CT molecular complexity index is 1110. The zero-order chi connectivity index (χ0) is 24.9. The van der Waals surface area contributed by atoms with Gasteiger partial charge in [-0.1, -0.05) is 6.07 Å². The largest absolute Gasteiger partial charge is 0.497 e. The third-order valence-electron chi connectivity index (χ3n) is 6.25. The van der Waals surface area contributed by atoms with E-state index in [2.05, 4.69) is 9.88 Å². The molecule has 35 heavy (non-hydrogen) atoms. The maximum Gasteiger partial charge on any atom is 0.137 e. The maximum absolute atomic E-state index is 6.81. The predicted octanol–water partition coefficient (Wildman–Crippen LogP) is 2.88. The Labute approximate surface area is 206 Å². The number of anilines is 1. The number of nitrogens with zero attached hydrogens (tertiary/aromatic N) is 3. The van der Waals surface area contributed by atoms with Crippen LogP contribution in [0, 0.1) is 0 Å². The van der Waals surface area contributed by atoms with Crippen molar-refractivity contribution >= 4 is 5.82 Å². The summed E-state index contributed by atoms with van der Waals surface area (Å²) >= 11 is 0. The predicted molar refractivity (Wildman–Crippen MR) is 135 cm³/mol. The third-order valence-corrected chi connectivity index (χ3v) is 6.25. The summed E-state index contributed by atoms with van der Waals surface area (Å²) in [5.41, 5.74) is 16.5. The number of rotatable bonds is 9. The van der Waals surface area contributed by atoms with E-state index in [-0.39, 0.29) is 0 Å². The van der Waals surface area contributed by atoms with Gasteiger partial charge in [0.2, 0.25) is 0 Å². The smallest absolute Gasteiger partial charge is 0.137 e. The standard InChI is InChI=1S/C26H33N5O4/c1-32-19-10-17(11-20(14-19)33-2)7-9-30-25-23(6-5-8-29-25)24(27)31(26(30)28)16-18-12-21(34-3)15-22(13-18)35-4/h5-6,8,10-15,24,26H,7,9,16,27-28H2,1-4H3. The zero-order valence-corrected chi connectivity index (χ0v) is 20.6. The first-order valence-electron chi connectivity index (χ1n) is 11.4. The molecule has 0 radical (unpaired) electrons. The van der Waals surface area contributed by atoms with E-state index in [0.717, 1.165) is 34.0 Å². The maximum atomic E-state index is 6.81. The van der Waals surface area contributed by atoms with E-state index in [0.29, 0.717) is 31.0 Å². The minimum atomic E-state index is -0.489. The van der Waals surface area contributed by atoms with Gasteiger partial charge in [0.15, 0.2) is 0 Å². The molecule has 0 fully saturated rings. The first kappa shape index (κ1) is 24.6. The van der Waals surface area contributed by atoms with E-state index < -0.39 is 12.5 Å². The SMILES string of the molecule is COc1cc(CCN2c3ncccc3C(N)N(Cc3cc(OC)cc(OC)c3)C2N)cc(OC)c1. The van der Waals surface area contributed by atoms with Crippen molar-refractivity contribution in [1.82, 2.24) is 9.88 Å². The van der Waals surface area contributed by atoms with Crippen molar-refractivity contribution in [3.8, 4) is 23.0 Å². The van der Waals surface area contributed by atoms with Crippen molar-refractivity contribution in [2.45, 2.75) is 25.4 Å². The molecule has 3 aromatic rings. The summed E-state index contributed by atoms with van der Waals surface area (Å²) in [7, 11) is 6.56. The number of fused-ring (bicyclic) bond motifs is 1. The molecule has 2 atom stereocenters. The molecule has 4 N–H and O–H groups in total. The molecule has 186 valence electrons. The minimum Gasteiger partial charge on any atom is -0.497 e. The first-order chi connectivity index (χ1) is 17.0. The second kappa shape index (κ2) is 10.8. The molecule has 0 saturated carbocycles. The summed E-state index contributed by atoms with van der Waals surface area (Å²) in [5, 5.41) is 0. The van der Waals surface area contributed by atoms with Gasteiger partial charge in [0.05, 0.1) is 34.6 Å². The molecule has 9 heteroatoms. The van der Waals surface area contributed by atoms with E-state index in [9.17, 15) is 0 Å². The molecule has 4 rings (SSSR count). The van der Waals surface area contributed by atoms with Crippen LogP contribution in [0.3, 0.4) is 0 Å². The Kier molecular flexibility index (Phi) is 7.60. The van der Waals surface area contributed by atoms with Crippen LogP contribution in [-0.4, -0.2) is 51.2 Å². The van der Waals surface area contributed by atoms with E-state index in [1.807, 2.05) is 53.4 Å². The van der Waals surface area contributed by atoms with Gasteiger partial charge in [0, 0.05) is 37.0 Å². The molecule has 9 nitrogen and oxygen atoms in total. The third kappa shape index (κ3) is 5.27. The van der Waals surface area contributed by atoms with Crippen LogP contribution in [0.1, 0.15) is 22.9 Å². The molecule has 1 aliphatic rings. The zero-order valence-electron chi connectivity index (χ0n) is 20.6. The summed E-state index contributed by atoms with van der Waals surface area (Å²) in [6, 6.07) is 15.5. The van der Waals surface area contributed by atoms with Crippen molar-refractivity contribution in [3.63, 3.8) is 0 Å². The number of nitrogens with two attached hydrogens (primary N) is 2. The van der Waals surface area contributed by atoms with E-state index in [1.165, 1.54) is 0 Å². The van der Waals surface area contributed by atoms with E-state index in [1.54, 1.807) is 34.6 Å². The Balaban J connectivity index is 1.62. The van der Waals surface area contributed by atoms with Gasteiger partial charge >= 0.3 is 0 Å². The van der Waals surface area contributed by atoms with Gasteiger partial charge in [-0.25, -0.2) is 9.88 Å². The molecule has 1 aliphatic heterocycles. The lowest BCUT2D eigenvalue weighted by molar-refractivity contribution is 0.112. The fourth-order valence-electron chi connectivity index (χ4n) is 4.39. The van der Waals surface area contributed by atoms with Crippen LogP contribution in [0.2, 0.25) is 0 Å². The molecule has 2 heterocycles. The van der Waals surface area contributed by atoms with Gasteiger partial charge < -0.3 is 29.6 Å². The fourth-order valence-corrected chi connectivity index (χ4v) is 4.39. The molecule has 0 bridgehead atoms. The molecule has 1 aromatic heterocycles. The Morgan fingerprint density at radius 1 is 0.800 bits per heavy atom. The van der Waals surface area contributed by atoms with Crippen LogP contribution < -0.4 is 35.3 Å². The summed E-state index contributed by atoms with van der Waals surface area (Å²) < 4.78 is 21.7. The molecule has 2 aromatic carbocycles. The van der Waals surface area contributed by atoms with Crippen molar-refractivity contribution in [1.29, 1.82) is 0 Å². The van der Waals surface area contributed by atoms with Gasteiger partial charge in [-0.2, -0.15) is 0 Å². The van der Waals surface area contributed by atoms with Crippen molar-refractivity contribution in [3.05, 3.63) is 71.4 Å². The lowest BCUT2D eigenvalue weighted by Crippen LogP contribution is -2.60. The lowest BCUT2D eigenvalue weighted by Gasteiger charge is -2.46. The summed E-state index contributed by atoms with van der Waals surface area (Å²) in [4.78, 5) is 8.76. The van der Waals surface area contributed by atoms with Gasteiger partial charge in [0.1, 0.15) is 35.1 Å². The second-order valence-corrected chi connectivity index (χ2v) is 8.33. The number of hydrogen-bond acceptors (Lipinski definition) is 9. The van der Waals surface area contributed by atoms with Gasteiger partial charge in [-0.05, 0) is 47.9 Å². The first-order valence-corrected chi connectivity index (χ1v) is 11.4. The average Bonchev–Trinajstić information content (AvgIpc) is 2.90. The lowest BCUT2D eigenvalue weighted by atomic mass is 10.1. The molecule has 0 spiro atoms. The quantitative estimate of drug-likeness (QED) is 0.479. The summed E-state index contributed by atoms with van der Waals surface area (Å²) in [5.74, 6) is 3.71. The Morgan fingerprint density at radius 3 is 1.89 bits per heavy atom. The van der Waals surface area contributed by atoms with Crippen LogP contribution in [0.15, 0.2) is 54.7 Å². The van der Waals surface area contributed by atoms with Crippen LogP contribution >= 0.6 is 0 Å². The highest BCUT2D eigenvalue weighted by molar-refractivity contribution is 5.52. The van der Waals surface area contributed by atoms with E-state index in [4.69, 9.17) is 30.4 Å². The highest BCUT2D eigenvalue weighted by Crippen LogP contribution is 2.35.